The predicted octanol–water partition coefficient (Wildman–Crippen LogP) is 4.12. The summed E-state index contributed by atoms with van der Waals surface area (Å²) in [4.78, 5) is 14.6. The smallest absolute Gasteiger partial charge is 0.246 e. The zero-order valence-corrected chi connectivity index (χ0v) is 18.4. The van der Waals surface area contributed by atoms with Gasteiger partial charge in [-0.15, -0.1) is 0 Å². The number of nitrogens with zero attached hydrogens (tertiary/aromatic N) is 3. The van der Waals surface area contributed by atoms with E-state index in [1.54, 1.807) is 31.1 Å². The number of benzene rings is 1. The topological polar surface area (TPSA) is 56.6 Å². The van der Waals surface area contributed by atoms with Gasteiger partial charge in [0.1, 0.15) is 5.15 Å². The summed E-state index contributed by atoms with van der Waals surface area (Å²) in [6, 6.07) is 3.95. The van der Waals surface area contributed by atoms with Crippen molar-refractivity contribution in [2.45, 2.75) is 40.3 Å². The third kappa shape index (κ3) is 4.58. The maximum absolute atomic E-state index is 12.8. The molecule has 7 heteroatoms. The molecule has 3 rings (SSSR count). The minimum Gasteiger partial charge on any atom is -0.493 e. The lowest BCUT2D eigenvalue weighted by Crippen LogP contribution is -2.34. The number of aromatic nitrogens is 2. The number of hydrogen-bond donors (Lipinski definition) is 0. The summed E-state index contributed by atoms with van der Waals surface area (Å²) < 4.78 is 12.6. The van der Waals surface area contributed by atoms with E-state index in [-0.39, 0.29) is 5.91 Å². The summed E-state index contributed by atoms with van der Waals surface area (Å²) in [5, 5.41) is 5.06. The minimum absolute atomic E-state index is 0.0440. The molecule has 0 unspecified atom stereocenters. The van der Waals surface area contributed by atoms with Gasteiger partial charge in [0.05, 0.1) is 19.9 Å². The van der Waals surface area contributed by atoms with Crippen LogP contribution in [0.5, 0.6) is 11.5 Å². The first-order chi connectivity index (χ1) is 13.8. The number of ether oxygens (including phenoxy) is 2. The highest BCUT2D eigenvalue weighted by molar-refractivity contribution is 6.31. The first-order valence-corrected chi connectivity index (χ1v) is 10.2. The number of carbonyl (C=O) groups is 1. The van der Waals surface area contributed by atoms with Gasteiger partial charge in [-0.2, -0.15) is 5.10 Å². The van der Waals surface area contributed by atoms with Gasteiger partial charge in [-0.1, -0.05) is 25.4 Å². The van der Waals surface area contributed by atoms with Crippen LogP contribution in [-0.4, -0.2) is 41.4 Å². The molecule has 0 fully saturated rings. The van der Waals surface area contributed by atoms with Crippen LogP contribution in [0.1, 0.15) is 36.2 Å². The van der Waals surface area contributed by atoms with Crippen LogP contribution in [0.15, 0.2) is 18.2 Å². The standard InChI is InChI=1S/C22H28ClN3O3/c1-14(2)12-26-22(23)18(15(3)24-26)6-7-21(27)25-9-8-16-10-19(28-4)20(29-5)11-17(16)13-25/h6-7,10-11,14H,8-9,12-13H2,1-5H3/b7-6+. The summed E-state index contributed by atoms with van der Waals surface area (Å²) in [6.07, 6.45) is 4.14. The zero-order valence-electron chi connectivity index (χ0n) is 17.7. The van der Waals surface area contributed by atoms with E-state index in [9.17, 15) is 4.79 Å². The molecule has 0 saturated heterocycles. The second-order valence-electron chi connectivity index (χ2n) is 7.68. The van der Waals surface area contributed by atoms with Gasteiger partial charge in [-0.05, 0) is 48.6 Å². The van der Waals surface area contributed by atoms with E-state index in [1.807, 2.05) is 24.0 Å². The van der Waals surface area contributed by atoms with E-state index in [0.29, 0.717) is 29.9 Å². The molecule has 0 bridgehead atoms. The van der Waals surface area contributed by atoms with Crippen molar-refractivity contribution < 1.29 is 14.3 Å². The molecular weight excluding hydrogens is 390 g/mol. The fourth-order valence-corrected chi connectivity index (χ4v) is 3.86. The number of fused-ring (bicyclic) bond motifs is 1. The first-order valence-electron chi connectivity index (χ1n) is 9.77. The van der Waals surface area contributed by atoms with Crippen LogP contribution >= 0.6 is 11.6 Å². The number of amides is 1. The predicted molar refractivity (Wildman–Crippen MR) is 115 cm³/mol. The Morgan fingerprint density at radius 3 is 2.52 bits per heavy atom. The van der Waals surface area contributed by atoms with Gasteiger partial charge >= 0.3 is 0 Å². The van der Waals surface area contributed by atoms with E-state index in [4.69, 9.17) is 21.1 Å². The Hall–Kier alpha value is -2.47. The summed E-state index contributed by atoms with van der Waals surface area (Å²) in [5.74, 6) is 1.79. The average Bonchev–Trinajstić information content (AvgIpc) is 2.96. The average molecular weight is 418 g/mol. The van der Waals surface area contributed by atoms with Gasteiger partial charge in [0.2, 0.25) is 5.91 Å². The largest absolute Gasteiger partial charge is 0.493 e. The van der Waals surface area contributed by atoms with E-state index >= 15 is 0 Å². The lowest BCUT2D eigenvalue weighted by Gasteiger charge is -2.28. The van der Waals surface area contributed by atoms with E-state index < -0.39 is 0 Å². The highest BCUT2D eigenvalue weighted by Crippen LogP contribution is 2.33. The molecule has 1 aromatic carbocycles. The van der Waals surface area contributed by atoms with Crippen molar-refractivity contribution in [3.8, 4) is 11.5 Å². The lowest BCUT2D eigenvalue weighted by molar-refractivity contribution is -0.126. The second-order valence-corrected chi connectivity index (χ2v) is 8.04. The van der Waals surface area contributed by atoms with Crippen LogP contribution in [0.25, 0.3) is 6.08 Å². The molecule has 0 atom stereocenters. The summed E-state index contributed by atoms with van der Waals surface area (Å²) >= 11 is 6.47. The molecule has 1 aromatic heterocycles. The third-order valence-corrected chi connectivity index (χ3v) is 5.47. The third-order valence-electron chi connectivity index (χ3n) is 5.07. The van der Waals surface area contributed by atoms with Crippen LogP contribution in [0, 0.1) is 12.8 Å². The molecule has 2 heterocycles. The molecule has 0 radical (unpaired) electrons. The van der Waals surface area contributed by atoms with Gasteiger partial charge in [0.25, 0.3) is 0 Å². The number of rotatable bonds is 6. The molecule has 0 spiro atoms. The minimum atomic E-state index is -0.0440. The van der Waals surface area contributed by atoms with Crippen molar-refractivity contribution in [3.05, 3.63) is 45.7 Å². The SMILES string of the molecule is COc1cc2c(cc1OC)CN(C(=O)/C=C/c1c(C)nn(CC(C)C)c1Cl)CC2. The van der Waals surface area contributed by atoms with Crippen molar-refractivity contribution in [2.75, 3.05) is 20.8 Å². The number of aryl methyl sites for hydroxylation is 1. The Balaban J connectivity index is 1.75. The highest BCUT2D eigenvalue weighted by Gasteiger charge is 2.22. The quantitative estimate of drug-likeness (QED) is 0.663. The van der Waals surface area contributed by atoms with Gasteiger partial charge in [-0.3, -0.25) is 9.48 Å². The van der Waals surface area contributed by atoms with Crippen LogP contribution in [0.4, 0.5) is 0 Å². The van der Waals surface area contributed by atoms with Crippen molar-refractivity contribution in [3.63, 3.8) is 0 Å². The molecule has 1 amide bonds. The maximum Gasteiger partial charge on any atom is 0.246 e. The molecule has 0 saturated carbocycles. The first kappa shape index (κ1) is 21.2. The molecule has 2 aromatic rings. The summed E-state index contributed by atoms with van der Waals surface area (Å²) in [5.41, 5.74) is 3.88. The normalized spacial score (nSPS) is 13.8. The van der Waals surface area contributed by atoms with E-state index in [0.717, 1.165) is 35.5 Å². The van der Waals surface area contributed by atoms with E-state index in [2.05, 4.69) is 18.9 Å². The van der Waals surface area contributed by atoms with Gasteiger partial charge < -0.3 is 14.4 Å². The van der Waals surface area contributed by atoms with Gasteiger partial charge in [0, 0.05) is 31.3 Å². The summed E-state index contributed by atoms with van der Waals surface area (Å²) in [7, 11) is 3.24. The Morgan fingerprint density at radius 2 is 1.90 bits per heavy atom. The van der Waals surface area contributed by atoms with Gasteiger partial charge in [-0.25, -0.2) is 0 Å². The molecule has 1 aliphatic heterocycles. The monoisotopic (exact) mass is 417 g/mol. The Kier molecular flexibility index (Phi) is 6.52. The second kappa shape index (κ2) is 8.91. The molecule has 6 nitrogen and oxygen atoms in total. The highest BCUT2D eigenvalue weighted by atomic mass is 35.5. The number of methoxy groups -OCH3 is 2. The Labute approximate surface area is 177 Å². The maximum atomic E-state index is 12.8. The fraction of sp³-hybridized carbons (Fsp3) is 0.455. The van der Waals surface area contributed by atoms with Crippen molar-refractivity contribution in [2.24, 2.45) is 5.92 Å². The molecule has 0 aliphatic carbocycles. The van der Waals surface area contributed by atoms with E-state index in [1.165, 1.54) is 5.56 Å². The number of carbonyl (C=O) groups excluding carboxylic acids is 1. The van der Waals surface area contributed by atoms with Crippen LogP contribution in [0.3, 0.4) is 0 Å². The molecule has 1 aliphatic rings. The Morgan fingerprint density at radius 1 is 1.24 bits per heavy atom. The van der Waals surface area contributed by atoms with Crippen LogP contribution in [0.2, 0.25) is 5.15 Å². The number of halogens is 1. The number of hydrogen-bond acceptors (Lipinski definition) is 4. The summed E-state index contributed by atoms with van der Waals surface area (Å²) in [6.45, 7) is 8.08. The molecular formula is C22H28ClN3O3. The lowest BCUT2D eigenvalue weighted by atomic mass is 9.98. The van der Waals surface area contributed by atoms with Crippen LogP contribution < -0.4 is 9.47 Å². The Bertz CT molecular complexity index is 934. The van der Waals surface area contributed by atoms with Crippen molar-refractivity contribution in [1.29, 1.82) is 0 Å². The van der Waals surface area contributed by atoms with Crippen molar-refractivity contribution >= 4 is 23.6 Å². The molecule has 0 N–H and O–H groups in total. The molecule has 29 heavy (non-hydrogen) atoms. The fourth-order valence-electron chi connectivity index (χ4n) is 3.55. The van der Waals surface area contributed by atoms with Crippen molar-refractivity contribution in [1.82, 2.24) is 14.7 Å². The van der Waals surface area contributed by atoms with Gasteiger partial charge in [0.15, 0.2) is 11.5 Å². The van der Waals surface area contributed by atoms with Crippen LogP contribution in [-0.2, 0) is 24.3 Å². The molecule has 156 valence electrons. The zero-order chi connectivity index (χ0) is 21.1.